The normalized spacial score (nSPS) is 8.38. The maximum atomic E-state index is 13.2. The van der Waals surface area contributed by atoms with Crippen LogP contribution in [0.4, 0.5) is 4.39 Å². The van der Waals surface area contributed by atoms with Crippen LogP contribution in [0.3, 0.4) is 0 Å². The van der Waals surface area contributed by atoms with Gasteiger partial charge in [0, 0.05) is 0 Å². The minimum absolute atomic E-state index is 0.0194. The molecule has 13 heavy (non-hydrogen) atoms. The largest absolute Gasteiger partial charge is 0.204 e. The predicted octanol–water partition coefficient (Wildman–Crippen LogP) is 1.98. The molecule has 1 aromatic carbocycles. The Bertz CT molecular complexity index is 409. The van der Waals surface area contributed by atoms with Gasteiger partial charge in [-0.1, -0.05) is 17.9 Å². The molecule has 0 saturated heterocycles. The average Bonchev–Trinajstić information content (AvgIpc) is 2.16. The number of hydrogen-bond acceptors (Lipinski definition) is 2. The summed E-state index contributed by atoms with van der Waals surface area (Å²) in [7, 11) is 0. The summed E-state index contributed by atoms with van der Waals surface area (Å²) in [6, 6.07) is 6.30. The number of hydrogen-bond donors (Lipinski definition) is 1. The lowest BCUT2D eigenvalue weighted by atomic mass is 10.1. The van der Waals surface area contributed by atoms with Crippen molar-refractivity contribution >= 4 is 12.6 Å². The fourth-order valence-electron chi connectivity index (χ4n) is 0.850. The van der Waals surface area contributed by atoms with Gasteiger partial charge in [-0.25, -0.2) is 4.39 Å². The van der Waals surface area contributed by atoms with Crippen molar-refractivity contribution in [1.29, 1.82) is 5.26 Å². The van der Waals surface area contributed by atoms with Gasteiger partial charge >= 0.3 is 0 Å². The Labute approximate surface area is 81.6 Å². The Hall–Kier alpha value is -1.45. The van der Waals surface area contributed by atoms with Crippen molar-refractivity contribution in [3.05, 3.63) is 35.1 Å². The molecule has 0 heterocycles. The van der Waals surface area contributed by atoms with E-state index in [1.165, 1.54) is 12.1 Å². The number of nitriles is 1. The van der Waals surface area contributed by atoms with Gasteiger partial charge in [0.1, 0.15) is 6.07 Å². The van der Waals surface area contributed by atoms with E-state index < -0.39 is 5.82 Å². The number of nitrogens with zero attached hydrogens (tertiary/aromatic N) is 1. The third kappa shape index (κ3) is 2.24. The van der Waals surface area contributed by atoms with Crippen LogP contribution in [0.15, 0.2) is 18.2 Å². The minimum atomic E-state index is -0.556. The Morgan fingerprint density at radius 2 is 2.08 bits per heavy atom. The summed E-state index contributed by atoms with van der Waals surface area (Å²) in [5.41, 5.74) is 0.263. The molecular weight excluding hydrogens is 185 g/mol. The first kappa shape index (κ1) is 9.64. The topological polar surface area (TPSA) is 23.8 Å². The third-order valence-electron chi connectivity index (χ3n) is 1.42. The second-order valence-electron chi connectivity index (χ2n) is 2.24. The highest BCUT2D eigenvalue weighted by Crippen LogP contribution is 2.10. The molecule has 1 nitrogen and oxygen atoms in total. The molecule has 3 heteroatoms. The van der Waals surface area contributed by atoms with Gasteiger partial charge in [0.15, 0.2) is 5.82 Å². The molecule has 0 aliphatic carbocycles. The zero-order valence-corrected chi connectivity index (χ0v) is 7.61. The van der Waals surface area contributed by atoms with Crippen molar-refractivity contribution in [3.63, 3.8) is 0 Å². The number of thiol groups is 1. The first-order valence-corrected chi connectivity index (χ1v) is 4.21. The van der Waals surface area contributed by atoms with Crippen LogP contribution >= 0.6 is 12.6 Å². The van der Waals surface area contributed by atoms with Crippen molar-refractivity contribution in [2.24, 2.45) is 0 Å². The Kier molecular flexibility index (Phi) is 3.37. The van der Waals surface area contributed by atoms with E-state index in [4.69, 9.17) is 5.26 Å². The Morgan fingerprint density at radius 1 is 1.38 bits per heavy atom. The molecule has 0 N–H and O–H groups in total. The van der Waals surface area contributed by atoms with Crippen LogP contribution in [0.5, 0.6) is 0 Å². The third-order valence-corrected chi connectivity index (χ3v) is 1.58. The Morgan fingerprint density at radius 3 is 2.69 bits per heavy atom. The van der Waals surface area contributed by atoms with Crippen LogP contribution in [-0.4, -0.2) is 5.75 Å². The van der Waals surface area contributed by atoms with Crippen molar-refractivity contribution in [2.75, 3.05) is 5.75 Å². The van der Waals surface area contributed by atoms with Crippen LogP contribution < -0.4 is 0 Å². The smallest absolute Gasteiger partial charge is 0.156 e. The second kappa shape index (κ2) is 4.54. The lowest BCUT2D eigenvalue weighted by Crippen LogP contribution is -1.88. The summed E-state index contributed by atoms with van der Waals surface area (Å²) in [5.74, 6) is 5.02. The summed E-state index contributed by atoms with van der Waals surface area (Å²) in [4.78, 5) is 0. The van der Waals surface area contributed by atoms with E-state index >= 15 is 0 Å². The molecule has 1 aromatic rings. The number of rotatable bonds is 0. The van der Waals surface area contributed by atoms with Crippen LogP contribution in [0.2, 0.25) is 0 Å². The first-order chi connectivity index (χ1) is 6.29. The quantitative estimate of drug-likeness (QED) is 0.492. The molecule has 0 unspecified atom stereocenters. The van der Waals surface area contributed by atoms with Gasteiger partial charge in [-0.2, -0.15) is 17.9 Å². The standard InChI is InChI=1S/C10H6FNS/c11-10-8(5-2-6-13)3-1-4-9(10)7-12/h1,3-4,13H,6H2. The number of benzene rings is 1. The molecule has 64 valence electrons. The maximum absolute atomic E-state index is 13.2. The van der Waals surface area contributed by atoms with Crippen LogP contribution in [0, 0.1) is 29.0 Å². The molecule has 0 aliphatic rings. The first-order valence-electron chi connectivity index (χ1n) is 3.58. The van der Waals surface area contributed by atoms with Gasteiger partial charge in [0.05, 0.1) is 16.9 Å². The molecular formula is C10H6FNS. The summed E-state index contributed by atoms with van der Waals surface area (Å²) < 4.78 is 13.2. The van der Waals surface area contributed by atoms with E-state index in [-0.39, 0.29) is 11.1 Å². The summed E-state index contributed by atoms with van der Waals surface area (Å²) in [5, 5.41) is 8.52. The minimum Gasteiger partial charge on any atom is -0.204 e. The maximum Gasteiger partial charge on any atom is 0.156 e. The van der Waals surface area contributed by atoms with E-state index in [0.29, 0.717) is 5.75 Å². The summed E-state index contributed by atoms with van der Waals surface area (Å²) in [6.45, 7) is 0. The van der Waals surface area contributed by atoms with Crippen molar-refractivity contribution in [1.82, 2.24) is 0 Å². The van der Waals surface area contributed by atoms with Gasteiger partial charge in [0.2, 0.25) is 0 Å². The van der Waals surface area contributed by atoms with Gasteiger partial charge in [-0.15, -0.1) is 0 Å². The van der Waals surface area contributed by atoms with Crippen molar-refractivity contribution < 1.29 is 4.39 Å². The highest BCUT2D eigenvalue weighted by Gasteiger charge is 2.03. The van der Waals surface area contributed by atoms with E-state index in [1.54, 1.807) is 12.1 Å². The zero-order valence-electron chi connectivity index (χ0n) is 6.71. The molecule has 0 aromatic heterocycles. The van der Waals surface area contributed by atoms with Crippen LogP contribution in [-0.2, 0) is 0 Å². The highest BCUT2D eigenvalue weighted by molar-refractivity contribution is 7.80. The SMILES string of the molecule is N#Cc1cccc(C#CCS)c1F. The van der Waals surface area contributed by atoms with Gasteiger partial charge in [-0.3, -0.25) is 0 Å². The fraction of sp³-hybridized carbons (Fsp3) is 0.100. The van der Waals surface area contributed by atoms with E-state index in [9.17, 15) is 4.39 Å². The molecule has 0 bridgehead atoms. The molecule has 0 aliphatic heterocycles. The number of halogens is 1. The molecule has 0 saturated carbocycles. The van der Waals surface area contributed by atoms with Gasteiger partial charge in [0.25, 0.3) is 0 Å². The van der Waals surface area contributed by atoms with Gasteiger partial charge in [-0.05, 0) is 12.1 Å². The van der Waals surface area contributed by atoms with E-state index in [1.807, 2.05) is 0 Å². The van der Waals surface area contributed by atoms with Crippen molar-refractivity contribution in [2.45, 2.75) is 0 Å². The summed E-state index contributed by atoms with van der Waals surface area (Å²) >= 11 is 3.87. The Balaban J connectivity index is 3.18. The monoisotopic (exact) mass is 191 g/mol. The predicted molar refractivity (Wildman–Crippen MR) is 51.8 cm³/mol. The fourth-order valence-corrected chi connectivity index (χ4v) is 0.929. The molecule has 0 fully saturated rings. The average molecular weight is 191 g/mol. The van der Waals surface area contributed by atoms with E-state index in [2.05, 4.69) is 24.5 Å². The lowest BCUT2D eigenvalue weighted by molar-refractivity contribution is 0.620. The molecule has 0 radical (unpaired) electrons. The highest BCUT2D eigenvalue weighted by atomic mass is 32.1. The lowest BCUT2D eigenvalue weighted by Gasteiger charge is -1.94. The molecule has 0 amide bonds. The van der Waals surface area contributed by atoms with Crippen molar-refractivity contribution in [3.8, 4) is 17.9 Å². The van der Waals surface area contributed by atoms with Crippen LogP contribution in [0.1, 0.15) is 11.1 Å². The second-order valence-corrected chi connectivity index (χ2v) is 2.56. The van der Waals surface area contributed by atoms with Crippen LogP contribution in [0.25, 0.3) is 0 Å². The molecule has 0 spiro atoms. The van der Waals surface area contributed by atoms with Gasteiger partial charge < -0.3 is 0 Å². The molecule has 0 atom stereocenters. The zero-order chi connectivity index (χ0) is 9.68. The van der Waals surface area contributed by atoms with E-state index in [0.717, 1.165) is 0 Å². The summed E-state index contributed by atoms with van der Waals surface area (Å²) in [6.07, 6.45) is 0. The molecule has 1 rings (SSSR count).